The minimum absolute atomic E-state index is 0.878. The summed E-state index contributed by atoms with van der Waals surface area (Å²) < 4.78 is 0. The largest absolute Gasteiger partial charge is 0.252 e. The van der Waals surface area contributed by atoms with Gasteiger partial charge in [-0.25, -0.2) is 0 Å². The van der Waals surface area contributed by atoms with Crippen LogP contribution < -0.4 is 0 Å². The van der Waals surface area contributed by atoms with E-state index in [0.717, 1.165) is 28.0 Å². The molecule has 2 rings (SSSR count). The third kappa shape index (κ3) is 2.39. The van der Waals surface area contributed by atoms with Crippen LogP contribution >= 0.6 is 21.9 Å². The van der Waals surface area contributed by atoms with Crippen molar-refractivity contribution >= 4 is 21.9 Å². The van der Waals surface area contributed by atoms with Crippen LogP contribution in [-0.2, 0) is 6.16 Å². The van der Waals surface area contributed by atoms with Gasteiger partial charge in [0.15, 0.2) is 0 Å². The van der Waals surface area contributed by atoms with Gasteiger partial charge < -0.3 is 0 Å². The van der Waals surface area contributed by atoms with E-state index in [1.54, 1.807) is 0 Å². The van der Waals surface area contributed by atoms with Crippen LogP contribution in [0.5, 0.6) is 0 Å². The van der Waals surface area contributed by atoms with E-state index < -0.39 is 0 Å². The van der Waals surface area contributed by atoms with Crippen LogP contribution in [-0.4, -0.2) is 4.98 Å². The fraction of sp³-hybridized carbons (Fsp3) is 0.0833. The smallest absolute Gasteiger partial charge is 0.0716 e. The summed E-state index contributed by atoms with van der Waals surface area (Å²) in [7, 11) is 2.68. The molecule has 0 aliphatic rings. The maximum atomic E-state index is 4.55. The highest BCUT2D eigenvalue weighted by Crippen LogP contribution is 2.24. The van der Waals surface area contributed by atoms with Gasteiger partial charge in [-0.15, -0.1) is 21.9 Å². The maximum absolute atomic E-state index is 4.55. The van der Waals surface area contributed by atoms with Crippen molar-refractivity contribution in [2.24, 2.45) is 0 Å². The highest BCUT2D eigenvalue weighted by atomic mass is 32.1. The second-order valence-corrected chi connectivity index (χ2v) is 4.13. The molecule has 0 spiro atoms. The Kier molecular flexibility index (Phi) is 3.40. The van der Waals surface area contributed by atoms with E-state index in [4.69, 9.17) is 0 Å². The summed E-state index contributed by atoms with van der Waals surface area (Å²) in [6.45, 7) is 0. The standard InChI is InChI=1S/C12H12NPS/c14-8-9-4-3-6-11(13-9)10-5-1-2-7-12(10)15/h1-7,15H,8,14H2. The van der Waals surface area contributed by atoms with Gasteiger partial charge in [0, 0.05) is 22.3 Å². The zero-order valence-electron chi connectivity index (χ0n) is 8.22. The van der Waals surface area contributed by atoms with E-state index in [2.05, 4.69) is 26.9 Å². The van der Waals surface area contributed by atoms with Crippen molar-refractivity contribution in [1.29, 1.82) is 0 Å². The van der Waals surface area contributed by atoms with Gasteiger partial charge in [0.1, 0.15) is 0 Å². The third-order valence-corrected chi connectivity index (χ3v) is 3.00. The summed E-state index contributed by atoms with van der Waals surface area (Å²) in [4.78, 5) is 5.52. The molecule has 0 saturated carbocycles. The SMILES string of the molecule is PCc1cccc(-c2ccccc2S)n1. The van der Waals surface area contributed by atoms with Crippen LogP contribution in [0.4, 0.5) is 0 Å². The Morgan fingerprint density at radius 1 is 1.07 bits per heavy atom. The number of hydrogen-bond acceptors (Lipinski definition) is 2. The van der Waals surface area contributed by atoms with E-state index in [-0.39, 0.29) is 0 Å². The minimum atomic E-state index is 0.878. The zero-order chi connectivity index (χ0) is 10.7. The average Bonchev–Trinajstić information content (AvgIpc) is 2.30. The monoisotopic (exact) mass is 233 g/mol. The lowest BCUT2D eigenvalue weighted by Crippen LogP contribution is -1.89. The number of rotatable bonds is 2. The summed E-state index contributed by atoms with van der Waals surface area (Å²) in [6, 6.07) is 14.1. The fourth-order valence-corrected chi connectivity index (χ4v) is 1.94. The van der Waals surface area contributed by atoms with Gasteiger partial charge in [-0.1, -0.05) is 24.3 Å². The molecule has 3 heteroatoms. The highest BCUT2D eigenvalue weighted by molar-refractivity contribution is 7.80. The summed E-state index contributed by atoms with van der Waals surface area (Å²) in [5.41, 5.74) is 3.15. The van der Waals surface area contributed by atoms with Gasteiger partial charge in [0.25, 0.3) is 0 Å². The topological polar surface area (TPSA) is 12.9 Å². The maximum Gasteiger partial charge on any atom is 0.0716 e. The number of hydrogen-bond donors (Lipinski definition) is 1. The molecule has 0 aliphatic heterocycles. The molecule has 15 heavy (non-hydrogen) atoms. The van der Waals surface area contributed by atoms with E-state index in [1.807, 2.05) is 42.5 Å². The Morgan fingerprint density at radius 2 is 1.87 bits per heavy atom. The normalized spacial score (nSPS) is 10.3. The predicted octanol–water partition coefficient (Wildman–Crippen LogP) is 3.41. The lowest BCUT2D eigenvalue weighted by molar-refractivity contribution is 1.17. The summed E-state index contributed by atoms with van der Waals surface area (Å²) >= 11 is 4.43. The first kappa shape index (κ1) is 10.7. The van der Waals surface area contributed by atoms with Crippen LogP contribution in [0, 0.1) is 0 Å². The van der Waals surface area contributed by atoms with Crippen molar-refractivity contribution in [3.8, 4) is 11.3 Å². The molecule has 1 nitrogen and oxygen atoms in total. The molecule has 1 atom stereocenters. The fourth-order valence-electron chi connectivity index (χ4n) is 1.43. The quantitative estimate of drug-likeness (QED) is 0.619. The van der Waals surface area contributed by atoms with Crippen molar-refractivity contribution in [2.75, 3.05) is 0 Å². The molecule has 1 heterocycles. The molecule has 76 valence electrons. The van der Waals surface area contributed by atoms with E-state index in [0.29, 0.717) is 0 Å². The molecule has 0 bridgehead atoms. The number of aromatic nitrogens is 1. The Morgan fingerprint density at radius 3 is 2.60 bits per heavy atom. The van der Waals surface area contributed by atoms with Crippen molar-refractivity contribution in [3.05, 3.63) is 48.2 Å². The number of nitrogens with zero attached hydrogens (tertiary/aromatic N) is 1. The predicted molar refractivity (Wildman–Crippen MR) is 70.3 cm³/mol. The van der Waals surface area contributed by atoms with Crippen molar-refractivity contribution < 1.29 is 0 Å². The van der Waals surface area contributed by atoms with Gasteiger partial charge in [-0.05, 0) is 18.2 Å². The molecule has 0 fully saturated rings. The lowest BCUT2D eigenvalue weighted by atomic mass is 10.1. The van der Waals surface area contributed by atoms with Gasteiger partial charge in [0.2, 0.25) is 0 Å². The Balaban J connectivity index is 2.49. The Hall–Kier alpha value is -0.850. The molecule has 0 saturated heterocycles. The molecule has 1 aromatic heterocycles. The molecule has 0 aliphatic carbocycles. The first-order chi connectivity index (χ1) is 7.31. The van der Waals surface area contributed by atoms with Crippen LogP contribution in [0.2, 0.25) is 0 Å². The Labute approximate surface area is 97.6 Å². The van der Waals surface area contributed by atoms with Crippen molar-refractivity contribution in [2.45, 2.75) is 11.1 Å². The summed E-state index contributed by atoms with van der Waals surface area (Å²) in [6.07, 6.45) is 0.878. The molecule has 0 N–H and O–H groups in total. The Bertz CT molecular complexity index is 471. The first-order valence-electron chi connectivity index (χ1n) is 4.75. The zero-order valence-corrected chi connectivity index (χ0v) is 10.3. The lowest BCUT2D eigenvalue weighted by Gasteiger charge is -2.05. The summed E-state index contributed by atoms with van der Waals surface area (Å²) in [5, 5.41) is 0. The van der Waals surface area contributed by atoms with Gasteiger partial charge >= 0.3 is 0 Å². The average molecular weight is 233 g/mol. The van der Waals surface area contributed by atoms with E-state index in [9.17, 15) is 0 Å². The molecule has 1 unspecified atom stereocenters. The second kappa shape index (κ2) is 4.78. The van der Waals surface area contributed by atoms with Crippen LogP contribution in [0.15, 0.2) is 47.4 Å². The minimum Gasteiger partial charge on any atom is -0.252 e. The molecule has 0 amide bonds. The van der Waals surface area contributed by atoms with Gasteiger partial charge in [-0.3, -0.25) is 4.98 Å². The highest BCUT2D eigenvalue weighted by Gasteiger charge is 2.02. The van der Waals surface area contributed by atoms with Crippen molar-refractivity contribution in [3.63, 3.8) is 0 Å². The van der Waals surface area contributed by atoms with Crippen LogP contribution in [0.3, 0.4) is 0 Å². The molecule has 0 radical (unpaired) electrons. The molecule has 1 aromatic carbocycles. The second-order valence-electron chi connectivity index (χ2n) is 3.24. The number of benzene rings is 1. The third-order valence-electron chi connectivity index (χ3n) is 2.20. The number of pyridine rings is 1. The molecular formula is C12H12NPS. The molecule has 2 aromatic rings. The molecular weight excluding hydrogens is 221 g/mol. The van der Waals surface area contributed by atoms with Crippen LogP contribution in [0.1, 0.15) is 5.69 Å². The number of thiol groups is 1. The summed E-state index contributed by atoms with van der Waals surface area (Å²) in [5.74, 6) is 0. The first-order valence-corrected chi connectivity index (χ1v) is 6.02. The van der Waals surface area contributed by atoms with Gasteiger partial charge in [-0.2, -0.15) is 0 Å². The van der Waals surface area contributed by atoms with Gasteiger partial charge in [0.05, 0.1) is 5.69 Å². The van der Waals surface area contributed by atoms with E-state index >= 15 is 0 Å². The van der Waals surface area contributed by atoms with Crippen molar-refractivity contribution in [1.82, 2.24) is 4.98 Å². The van der Waals surface area contributed by atoms with E-state index in [1.165, 1.54) is 0 Å². The van der Waals surface area contributed by atoms with Crippen LogP contribution in [0.25, 0.3) is 11.3 Å².